The van der Waals surface area contributed by atoms with E-state index in [0.717, 1.165) is 12.8 Å². The first-order valence-corrected chi connectivity index (χ1v) is 4.77. The van der Waals surface area contributed by atoms with Gasteiger partial charge >= 0.3 is 6.03 Å². The van der Waals surface area contributed by atoms with E-state index < -0.39 is 0 Å². The average molecular weight is 188 g/mol. The lowest BCUT2D eigenvalue weighted by atomic mass is 10.2. The van der Waals surface area contributed by atoms with Crippen LogP contribution in [-0.4, -0.2) is 31.6 Å². The fraction of sp³-hybridized carbons (Fsp3) is 0.889. The van der Waals surface area contributed by atoms with Crippen molar-refractivity contribution in [1.29, 1.82) is 0 Å². The highest BCUT2D eigenvalue weighted by atomic mass is 16.7. The summed E-state index contributed by atoms with van der Waals surface area (Å²) in [6.07, 6.45) is 4.60. The van der Waals surface area contributed by atoms with E-state index in [0.29, 0.717) is 6.61 Å². The number of rotatable bonds is 6. The lowest BCUT2D eigenvalue weighted by molar-refractivity contribution is 0.0500. The first-order valence-electron chi connectivity index (χ1n) is 4.77. The summed E-state index contributed by atoms with van der Waals surface area (Å²) < 4.78 is 0. The third-order valence-electron chi connectivity index (χ3n) is 1.67. The second kappa shape index (κ2) is 7.86. The molecule has 4 heteroatoms. The number of hydroxylamine groups is 1. The van der Waals surface area contributed by atoms with E-state index >= 15 is 0 Å². The monoisotopic (exact) mass is 188 g/mol. The zero-order valence-corrected chi connectivity index (χ0v) is 8.80. The topological polar surface area (TPSA) is 41.6 Å². The van der Waals surface area contributed by atoms with Crippen molar-refractivity contribution in [2.45, 2.75) is 32.6 Å². The van der Waals surface area contributed by atoms with Gasteiger partial charge in [0.05, 0.1) is 6.61 Å². The summed E-state index contributed by atoms with van der Waals surface area (Å²) >= 11 is 0. The number of urea groups is 1. The summed E-state index contributed by atoms with van der Waals surface area (Å²) in [4.78, 5) is 17.3. The molecule has 1 N–H and O–H groups in total. The zero-order chi connectivity index (χ0) is 10.1. The predicted octanol–water partition coefficient (Wildman–Crippen LogP) is 1.77. The van der Waals surface area contributed by atoms with E-state index in [-0.39, 0.29) is 6.03 Å². The Morgan fingerprint density at radius 1 is 1.31 bits per heavy atom. The number of amides is 2. The van der Waals surface area contributed by atoms with E-state index in [1.54, 1.807) is 14.1 Å². The molecule has 0 atom stereocenters. The predicted molar refractivity (Wildman–Crippen MR) is 52.3 cm³/mol. The van der Waals surface area contributed by atoms with Gasteiger partial charge in [0.25, 0.3) is 0 Å². The molecule has 0 aromatic heterocycles. The third kappa shape index (κ3) is 7.59. The van der Waals surface area contributed by atoms with Gasteiger partial charge in [0.2, 0.25) is 0 Å². The highest BCUT2D eigenvalue weighted by Gasteiger charge is 2.00. The summed E-state index contributed by atoms with van der Waals surface area (Å²) in [5, 5.41) is 0. The van der Waals surface area contributed by atoms with E-state index in [9.17, 15) is 4.79 Å². The zero-order valence-electron chi connectivity index (χ0n) is 8.80. The van der Waals surface area contributed by atoms with Crippen LogP contribution in [0.4, 0.5) is 4.79 Å². The number of hydrogen-bond donors (Lipinski definition) is 1. The van der Waals surface area contributed by atoms with Crippen LogP contribution in [0.1, 0.15) is 32.6 Å². The van der Waals surface area contributed by atoms with Crippen molar-refractivity contribution in [3.8, 4) is 0 Å². The Kier molecular flexibility index (Phi) is 7.39. The maximum atomic E-state index is 10.9. The van der Waals surface area contributed by atoms with Crippen molar-refractivity contribution in [2.24, 2.45) is 0 Å². The summed E-state index contributed by atoms with van der Waals surface area (Å²) in [6.45, 7) is 2.76. The smallest absolute Gasteiger partial charge is 0.329 e. The Balaban J connectivity index is 3.12. The highest BCUT2D eigenvalue weighted by molar-refractivity contribution is 5.72. The lowest BCUT2D eigenvalue weighted by Crippen LogP contribution is -2.34. The molecule has 0 bridgehead atoms. The summed E-state index contributed by atoms with van der Waals surface area (Å²) in [5.41, 5.74) is 2.35. The minimum absolute atomic E-state index is 0.213. The molecular formula is C9H20N2O2. The van der Waals surface area contributed by atoms with Crippen LogP contribution >= 0.6 is 0 Å². The molecule has 0 saturated carbocycles. The molecule has 0 aromatic rings. The minimum Gasteiger partial charge on any atom is -0.329 e. The number of carbonyl (C=O) groups is 1. The normalized spacial score (nSPS) is 9.77. The van der Waals surface area contributed by atoms with E-state index in [2.05, 4.69) is 12.4 Å². The van der Waals surface area contributed by atoms with Crippen LogP contribution in [-0.2, 0) is 4.84 Å². The lowest BCUT2D eigenvalue weighted by Gasteiger charge is -2.11. The number of nitrogens with one attached hydrogen (secondary N) is 1. The average Bonchev–Trinajstić information content (AvgIpc) is 2.10. The van der Waals surface area contributed by atoms with Gasteiger partial charge in [0, 0.05) is 14.1 Å². The maximum absolute atomic E-state index is 10.9. The van der Waals surface area contributed by atoms with Crippen molar-refractivity contribution >= 4 is 6.03 Å². The largest absolute Gasteiger partial charge is 0.340 e. The number of carbonyl (C=O) groups excluding carboxylic acids is 1. The Morgan fingerprint density at radius 2 is 2.00 bits per heavy atom. The van der Waals surface area contributed by atoms with E-state index in [4.69, 9.17) is 4.84 Å². The van der Waals surface area contributed by atoms with E-state index in [1.807, 2.05) is 0 Å². The van der Waals surface area contributed by atoms with Crippen LogP contribution in [0.5, 0.6) is 0 Å². The van der Waals surface area contributed by atoms with Crippen molar-refractivity contribution in [2.75, 3.05) is 20.7 Å². The maximum Gasteiger partial charge on any atom is 0.340 e. The summed E-state index contributed by atoms with van der Waals surface area (Å²) in [5.74, 6) is 0. The third-order valence-corrected chi connectivity index (χ3v) is 1.67. The van der Waals surface area contributed by atoms with Gasteiger partial charge in [0.15, 0.2) is 0 Å². The fourth-order valence-electron chi connectivity index (χ4n) is 0.805. The van der Waals surface area contributed by atoms with Gasteiger partial charge in [-0.3, -0.25) is 4.84 Å². The van der Waals surface area contributed by atoms with E-state index in [1.165, 1.54) is 17.7 Å². The number of nitrogens with zero attached hydrogens (tertiary/aromatic N) is 1. The van der Waals surface area contributed by atoms with Crippen LogP contribution in [0.2, 0.25) is 0 Å². The SMILES string of the molecule is CCCCCCONC(=O)N(C)C. The molecule has 2 amide bonds. The van der Waals surface area contributed by atoms with Gasteiger partial charge < -0.3 is 4.90 Å². The van der Waals surface area contributed by atoms with Gasteiger partial charge in [-0.15, -0.1) is 0 Å². The van der Waals surface area contributed by atoms with Crippen molar-refractivity contribution in [3.63, 3.8) is 0 Å². The Hall–Kier alpha value is -0.770. The van der Waals surface area contributed by atoms with Gasteiger partial charge in [-0.1, -0.05) is 26.2 Å². The minimum atomic E-state index is -0.213. The van der Waals surface area contributed by atoms with Crippen LogP contribution in [0, 0.1) is 0 Å². The molecule has 0 spiro atoms. The molecule has 4 nitrogen and oxygen atoms in total. The molecule has 0 radical (unpaired) electrons. The standard InChI is InChI=1S/C9H20N2O2/c1-4-5-6-7-8-13-10-9(12)11(2)3/h4-8H2,1-3H3,(H,10,12). The second-order valence-corrected chi connectivity index (χ2v) is 3.21. The molecule has 0 aliphatic rings. The molecule has 0 aliphatic heterocycles. The van der Waals surface area contributed by atoms with Gasteiger partial charge in [-0.05, 0) is 6.42 Å². The number of hydrogen-bond acceptors (Lipinski definition) is 2. The first-order chi connectivity index (χ1) is 6.18. The molecule has 78 valence electrons. The summed E-state index contributed by atoms with van der Waals surface area (Å²) in [6, 6.07) is -0.213. The molecule has 13 heavy (non-hydrogen) atoms. The van der Waals surface area contributed by atoms with Crippen LogP contribution in [0.25, 0.3) is 0 Å². The molecule has 0 saturated heterocycles. The Labute approximate surface area is 80.2 Å². The van der Waals surface area contributed by atoms with Crippen LogP contribution in [0.3, 0.4) is 0 Å². The van der Waals surface area contributed by atoms with Gasteiger partial charge in [0.1, 0.15) is 0 Å². The van der Waals surface area contributed by atoms with Gasteiger partial charge in [-0.2, -0.15) is 0 Å². The van der Waals surface area contributed by atoms with Gasteiger partial charge in [-0.25, -0.2) is 10.3 Å². The quantitative estimate of drug-likeness (QED) is 0.510. The van der Waals surface area contributed by atoms with Crippen LogP contribution in [0.15, 0.2) is 0 Å². The van der Waals surface area contributed by atoms with Crippen molar-refractivity contribution in [1.82, 2.24) is 10.4 Å². The molecule has 0 fully saturated rings. The summed E-state index contributed by atoms with van der Waals surface area (Å²) in [7, 11) is 3.35. The first kappa shape index (κ1) is 12.2. The highest BCUT2D eigenvalue weighted by Crippen LogP contribution is 1.97. The second-order valence-electron chi connectivity index (χ2n) is 3.21. The molecule has 0 aliphatic carbocycles. The molecular weight excluding hydrogens is 168 g/mol. The van der Waals surface area contributed by atoms with Crippen LogP contribution < -0.4 is 5.48 Å². The number of unbranched alkanes of at least 4 members (excludes halogenated alkanes) is 3. The van der Waals surface area contributed by atoms with Crippen molar-refractivity contribution < 1.29 is 9.63 Å². The Morgan fingerprint density at radius 3 is 2.54 bits per heavy atom. The fourth-order valence-corrected chi connectivity index (χ4v) is 0.805. The Bertz CT molecular complexity index is 138. The molecule has 0 unspecified atom stereocenters. The van der Waals surface area contributed by atoms with Crippen molar-refractivity contribution in [3.05, 3.63) is 0 Å². The molecule has 0 rings (SSSR count). The molecule has 0 heterocycles. The molecule has 0 aromatic carbocycles.